The van der Waals surface area contributed by atoms with Gasteiger partial charge in [0.05, 0.1) is 12.6 Å². The molecule has 0 aliphatic carbocycles. The minimum Gasteiger partial charge on any atom is -0.369 e. The number of aromatic nitrogens is 4. The SMILES string of the molecule is CO[C@H](C(=O)Cc1nnc(N[C@@H]2CCN(c3cc(C)cnn3)C2)s1)c1ccc(F)cc1. The predicted octanol–water partition coefficient (Wildman–Crippen LogP) is 2.97. The molecule has 31 heavy (non-hydrogen) atoms. The van der Waals surface area contributed by atoms with Gasteiger partial charge < -0.3 is 15.0 Å². The lowest BCUT2D eigenvalue weighted by molar-refractivity contribution is -0.128. The van der Waals surface area contributed by atoms with Gasteiger partial charge in [0.25, 0.3) is 0 Å². The van der Waals surface area contributed by atoms with Crippen molar-refractivity contribution < 1.29 is 13.9 Å². The molecular formula is C21H23FN6O2S. The van der Waals surface area contributed by atoms with Crippen LogP contribution in [0.5, 0.6) is 0 Å². The topological polar surface area (TPSA) is 93.1 Å². The van der Waals surface area contributed by atoms with E-state index < -0.39 is 6.10 Å². The second-order valence-corrected chi connectivity index (χ2v) is 8.54. The summed E-state index contributed by atoms with van der Waals surface area (Å²) in [5.74, 6) is 0.368. The number of methoxy groups -OCH3 is 1. The number of benzene rings is 1. The monoisotopic (exact) mass is 442 g/mol. The fourth-order valence-corrected chi connectivity index (χ4v) is 4.41. The average Bonchev–Trinajstić information content (AvgIpc) is 3.40. The lowest BCUT2D eigenvalue weighted by Crippen LogP contribution is -2.26. The largest absolute Gasteiger partial charge is 0.369 e. The van der Waals surface area contributed by atoms with Crippen LogP contribution in [0.25, 0.3) is 0 Å². The number of carbonyl (C=O) groups excluding carboxylic acids is 1. The van der Waals surface area contributed by atoms with E-state index in [9.17, 15) is 9.18 Å². The molecule has 1 aliphatic heterocycles. The summed E-state index contributed by atoms with van der Waals surface area (Å²) < 4.78 is 18.5. The maximum absolute atomic E-state index is 13.2. The van der Waals surface area contributed by atoms with Crippen LogP contribution in [-0.4, -0.2) is 52.4 Å². The molecule has 8 nitrogen and oxygen atoms in total. The Bertz CT molecular complexity index is 1040. The smallest absolute Gasteiger partial charge is 0.205 e. The molecule has 0 radical (unpaired) electrons. The van der Waals surface area contributed by atoms with E-state index in [1.54, 1.807) is 18.3 Å². The molecule has 0 unspecified atom stereocenters. The van der Waals surface area contributed by atoms with Crippen molar-refractivity contribution in [2.45, 2.75) is 31.9 Å². The highest BCUT2D eigenvalue weighted by Crippen LogP contribution is 2.25. The first-order valence-corrected chi connectivity index (χ1v) is 10.8. The molecule has 0 amide bonds. The van der Waals surface area contributed by atoms with Gasteiger partial charge in [0, 0.05) is 26.2 Å². The lowest BCUT2D eigenvalue weighted by Gasteiger charge is -2.17. The Labute approximate surface area is 183 Å². The summed E-state index contributed by atoms with van der Waals surface area (Å²) >= 11 is 1.36. The second kappa shape index (κ2) is 9.44. The fraction of sp³-hybridized carbons (Fsp3) is 0.381. The molecule has 1 N–H and O–H groups in total. The number of ether oxygens (including phenoxy) is 1. The zero-order chi connectivity index (χ0) is 21.8. The highest BCUT2D eigenvalue weighted by atomic mass is 32.1. The van der Waals surface area contributed by atoms with Crippen LogP contribution in [0.4, 0.5) is 15.3 Å². The minimum absolute atomic E-state index is 0.102. The van der Waals surface area contributed by atoms with Crippen molar-refractivity contribution >= 4 is 28.1 Å². The number of nitrogens with one attached hydrogen (secondary N) is 1. The summed E-state index contributed by atoms with van der Waals surface area (Å²) in [6.07, 6.45) is 2.02. The number of anilines is 2. The van der Waals surface area contributed by atoms with Crippen LogP contribution < -0.4 is 10.2 Å². The van der Waals surface area contributed by atoms with E-state index in [0.717, 1.165) is 30.9 Å². The molecule has 3 aromatic rings. The third-order valence-corrected chi connectivity index (χ3v) is 5.97. The van der Waals surface area contributed by atoms with Gasteiger partial charge >= 0.3 is 0 Å². The van der Waals surface area contributed by atoms with Gasteiger partial charge in [-0.25, -0.2) is 4.39 Å². The standard InChI is InChI=1S/C21H23FN6O2S/c1-13-9-18(25-23-11-13)28-8-7-16(12-28)24-21-27-26-19(31-21)10-17(29)20(30-2)14-3-5-15(22)6-4-14/h3-6,9,11,16,20H,7-8,10,12H2,1-2H3,(H,24,27)/t16-,20+/m1/s1. The average molecular weight is 443 g/mol. The summed E-state index contributed by atoms with van der Waals surface area (Å²) in [7, 11) is 1.46. The van der Waals surface area contributed by atoms with Crippen molar-refractivity contribution in [3.05, 3.63) is 58.5 Å². The molecule has 162 valence electrons. The molecule has 2 aromatic heterocycles. The number of carbonyl (C=O) groups is 1. The predicted molar refractivity (Wildman–Crippen MR) is 116 cm³/mol. The van der Waals surface area contributed by atoms with Gasteiger partial charge in [0.15, 0.2) is 11.6 Å². The molecule has 10 heteroatoms. The van der Waals surface area contributed by atoms with E-state index in [2.05, 4.69) is 30.6 Å². The van der Waals surface area contributed by atoms with Gasteiger partial charge in [-0.3, -0.25) is 4.79 Å². The van der Waals surface area contributed by atoms with Crippen LogP contribution in [0.2, 0.25) is 0 Å². The third-order valence-electron chi connectivity index (χ3n) is 5.11. The van der Waals surface area contributed by atoms with E-state index in [4.69, 9.17) is 4.74 Å². The zero-order valence-electron chi connectivity index (χ0n) is 17.3. The van der Waals surface area contributed by atoms with Crippen molar-refractivity contribution in [2.75, 3.05) is 30.4 Å². The number of halogens is 1. The number of aryl methyl sites for hydroxylation is 1. The molecule has 1 aromatic carbocycles. The Morgan fingerprint density at radius 1 is 1.32 bits per heavy atom. The minimum atomic E-state index is -0.764. The van der Waals surface area contributed by atoms with Crippen LogP contribution in [-0.2, 0) is 16.0 Å². The van der Waals surface area contributed by atoms with Crippen molar-refractivity contribution in [1.29, 1.82) is 0 Å². The number of hydrogen-bond acceptors (Lipinski definition) is 9. The van der Waals surface area contributed by atoms with Crippen molar-refractivity contribution in [3.8, 4) is 0 Å². The first-order chi connectivity index (χ1) is 15.0. The van der Waals surface area contributed by atoms with Crippen LogP contribution in [0, 0.1) is 12.7 Å². The summed E-state index contributed by atoms with van der Waals surface area (Å²) in [4.78, 5) is 14.9. The highest BCUT2D eigenvalue weighted by molar-refractivity contribution is 7.15. The fourth-order valence-electron chi connectivity index (χ4n) is 3.58. The van der Waals surface area contributed by atoms with Crippen LogP contribution in [0.1, 0.15) is 28.7 Å². The van der Waals surface area contributed by atoms with Gasteiger partial charge in [-0.1, -0.05) is 23.5 Å². The summed E-state index contributed by atoms with van der Waals surface area (Å²) in [6.45, 7) is 3.67. The van der Waals surface area contributed by atoms with E-state index in [0.29, 0.717) is 15.7 Å². The second-order valence-electron chi connectivity index (χ2n) is 7.48. The van der Waals surface area contributed by atoms with E-state index in [1.165, 1.54) is 30.6 Å². The van der Waals surface area contributed by atoms with Crippen molar-refractivity contribution in [1.82, 2.24) is 20.4 Å². The summed E-state index contributed by atoms with van der Waals surface area (Å²) in [5, 5.41) is 21.2. The van der Waals surface area contributed by atoms with E-state index in [-0.39, 0.29) is 24.1 Å². The molecule has 3 heterocycles. The Kier molecular flexibility index (Phi) is 6.47. The Hall–Kier alpha value is -2.98. The van der Waals surface area contributed by atoms with Crippen LogP contribution in [0.15, 0.2) is 36.5 Å². The molecule has 0 spiro atoms. The summed E-state index contributed by atoms with van der Waals surface area (Å²) in [5.41, 5.74) is 1.69. The molecule has 1 saturated heterocycles. The molecule has 4 rings (SSSR count). The number of ketones is 1. The first-order valence-electron chi connectivity index (χ1n) is 9.96. The molecule has 0 saturated carbocycles. The van der Waals surface area contributed by atoms with Gasteiger partial charge in [0.1, 0.15) is 16.9 Å². The van der Waals surface area contributed by atoms with Gasteiger partial charge in [0.2, 0.25) is 5.13 Å². The van der Waals surface area contributed by atoms with Crippen molar-refractivity contribution in [2.24, 2.45) is 0 Å². The van der Waals surface area contributed by atoms with E-state index >= 15 is 0 Å². The maximum atomic E-state index is 13.2. The van der Waals surface area contributed by atoms with E-state index in [1.807, 2.05) is 13.0 Å². The van der Waals surface area contributed by atoms with Crippen molar-refractivity contribution in [3.63, 3.8) is 0 Å². The van der Waals surface area contributed by atoms with Crippen LogP contribution in [0.3, 0.4) is 0 Å². The quantitative estimate of drug-likeness (QED) is 0.569. The summed E-state index contributed by atoms with van der Waals surface area (Å²) in [6, 6.07) is 7.98. The lowest BCUT2D eigenvalue weighted by atomic mass is 10.0. The molecule has 2 atom stereocenters. The van der Waals surface area contributed by atoms with Gasteiger partial charge in [-0.2, -0.15) is 5.10 Å². The van der Waals surface area contributed by atoms with Gasteiger partial charge in [-0.15, -0.1) is 15.3 Å². The molecule has 0 bridgehead atoms. The Morgan fingerprint density at radius 3 is 2.87 bits per heavy atom. The first kappa shape index (κ1) is 21.3. The normalized spacial score (nSPS) is 17.0. The highest BCUT2D eigenvalue weighted by Gasteiger charge is 2.26. The molecule has 1 aliphatic rings. The molecule has 1 fully saturated rings. The number of rotatable bonds is 8. The number of hydrogen-bond donors (Lipinski definition) is 1. The maximum Gasteiger partial charge on any atom is 0.205 e. The third kappa shape index (κ3) is 5.20. The van der Waals surface area contributed by atoms with Gasteiger partial charge in [-0.05, 0) is 42.7 Å². The zero-order valence-corrected chi connectivity index (χ0v) is 18.1. The Morgan fingerprint density at radius 2 is 2.13 bits per heavy atom. The molecular weight excluding hydrogens is 419 g/mol. The number of Topliss-reactive ketones (excluding diaryl/α,β-unsaturated/α-hetero) is 1. The Balaban J connectivity index is 1.34. The van der Waals surface area contributed by atoms with Crippen LogP contribution >= 0.6 is 11.3 Å². The number of nitrogens with zero attached hydrogens (tertiary/aromatic N) is 5.